The van der Waals surface area contributed by atoms with Crippen molar-refractivity contribution in [1.29, 1.82) is 0 Å². The molecule has 1 N–H and O–H groups in total. The highest BCUT2D eigenvalue weighted by Gasteiger charge is 2.07. The number of hydrazone groups is 1. The number of rotatable bonds is 3. The van der Waals surface area contributed by atoms with Crippen LogP contribution in [0.4, 0.5) is 5.69 Å². The van der Waals surface area contributed by atoms with Crippen LogP contribution in [0, 0.1) is 6.92 Å². The van der Waals surface area contributed by atoms with Gasteiger partial charge in [0.25, 0.3) is 0 Å². The van der Waals surface area contributed by atoms with Crippen LogP contribution in [0.15, 0.2) is 35.4 Å². The Hall–Kier alpha value is -0.930. The first-order valence-corrected chi connectivity index (χ1v) is 7.19. The summed E-state index contributed by atoms with van der Waals surface area (Å²) in [6.07, 6.45) is 1.52. The maximum Gasteiger partial charge on any atom is 0.0695 e. The molecule has 2 nitrogen and oxygen atoms in total. The van der Waals surface area contributed by atoms with Crippen LogP contribution >= 0.6 is 46.4 Å². The molecule has 2 aromatic rings. The van der Waals surface area contributed by atoms with Crippen LogP contribution in [0.5, 0.6) is 0 Å². The Morgan fingerprint density at radius 3 is 2.35 bits per heavy atom. The smallest absolute Gasteiger partial charge is 0.0695 e. The molecule has 104 valence electrons. The number of nitrogens with zero attached hydrogens (tertiary/aromatic N) is 1. The van der Waals surface area contributed by atoms with Gasteiger partial charge in [-0.2, -0.15) is 5.10 Å². The van der Waals surface area contributed by atoms with Crippen molar-refractivity contribution in [3.05, 3.63) is 61.5 Å². The SMILES string of the molecule is Cc1ccc(N/N=C/c2c(Cl)ccc(Cl)c2Cl)cc1Cl. The van der Waals surface area contributed by atoms with Crippen molar-refractivity contribution in [1.82, 2.24) is 0 Å². The number of halogens is 4. The van der Waals surface area contributed by atoms with E-state index >= 15 is 0 Å². The largest absolute Gasteiger partial charge is 0.278 e. The van der Waals surface area contributed by atoms with Gasteiger partial charge in [-0.25, -0.2) is 0 Å². The maximum atomic E-state index is 6.07. The molecule has 0 fully saturated rings. The Kier molecular flexibility index (Phi) is 5.17. The van der Waals surface area contributed by atoms with Crippen molar-refractivity contribution in [2.75, 3.05) is 5.43 Å². The van der Waals surface area contributed by atoms with Gasteiger partial charge in [-0.1, -0.05) is 52.5 Å². The van der Waals surface area contributed by atoms with Crippen molar-refractivity contribution >= 4 is 58.3 Å². The van der Waals surface area contributed by atoms with Crippen molar-refractivity contribution < 1.29 is 0 Å². The third kappa shape index (κ3) is 3.58. The van der Waals surface area contributed by atoms with Gasteiger partial charge < -0.3 is 0 Å². The van der Waals surface area contributed by atoms with E-state index in [-0.39, 0.29) is 0 Å². The first kappa shape index (κ1) is 15.5. The minimum Gasteiger partial charge on any atom is -0.278 e. The minimum atomic E-state index is 0.367. The van der Waals surface area contributed by atoms with Gasteiger partial charge >= 0.3 is 0 Å². The highest BCUT2D eigenvalue weighted by molar-refractivity contribution is 6.45. The molecule has 0 aromatic heterocycles. The standard InChI is InChI=1S/C14H10Cl4N2/c1-8-2-3-9(6-13(8)17)20-19-7-10-11(15)4-5-12(16)14(10)18/h2-7,20H,1H3/b19-7+. The Morgan fingerprint density at radius 1 is 0.950 bits per heavy atom. The number of aryl methyl sites for hydroxylation is 1. The van der Waals surface area contributed by atoms with Gasteiger partial charge in [0.15, 0.2) is 0 Å². The summed E-state index contributed by atoms with van der Waals surface area (Å²) in [7, 11) is 0. The van der Waals surface area contributed by atoms with Crippen LogP contribution in [0.3, 0.4) is 0 Å². The molecule has 0 aliphatic rings. The third-order valence-corrected chi connectivity index (χ3v) is 4.19. The van der Waals surface area contributed by atoms with Gasteiger partial charge in [-0.05, 0) is 36.8 Å². The minimum absolute atomic E-state index is 0.367. The lowest BCUT2D eigenvalue weighted by Crippen LogP contribution is -1.93. The number of nitrogens with one attached hydrogen (secondary N) is 1. The molecule has 0 spiro atoms. The van der Waals surface area contributed by atoms with Gasteiger partial charge in [-0.3, -0.25) is 5.43 Å². The molecule has 20 heavy (non-hydrogen) atoms. The van der Waals surface area contributed by atoms with E-state index in [0.717, 1.165) is 11.3 Å². The van der Waals surface area contributed by atoms with Gasteiger partial charge in [0.1, 0.15) is 0 Å². The summed E-state index contributed by atoms with van der Waals surface area (Å²) in [6.45, 7) is 1.93. The van der Waals surface area contributed by atoms with Crippen molar-refractivity contribution in [3.63, 3.8) is 0 Å². The highest BCUT2D eigenvalue weighted by atomic mass is 35.5. The van der Waals surface area contributed by atoms with Crippen LogP contribution in [-0.2, 0) is 0 Å². The first-order valence-electron chi connectivity index (χ1n) is 5.68. The fraction of sp³-hybridized carbons (Fsp3) is 0.0714. The molecule has 6 heteroatoms. The fourth-order valence-corrected chi connectivity index (χ4v) is 2.31. The highest BCUT2D eigenvalue weighted by Crippen LogP contribution is 2.30. The second-order valence-electron chi connectivity index (χ2n) is 4.09. The summed E-state index contributed by atoms with van der Waals surface area (Å²) < 4.78 is 0. The molecule has 0 unspecified atom stereocenters. The fourth-order valence-electron chi connectivity index (χ4n) is 1.49. The average Bonchev–Trinajstić information content (AvgIpc) is 2.42. The van der Waals surface area contributed by atoms with Crippen LogP contribution in [-0.4, -0.2) is 6.21 Å². The predicted octanol–water partition coefficient (Wildman–Crippen LogP) is 6.05. The summed E-state index contributed by atoms with van der Waals surface area (Å²) in [5, 5.41) is 6.03. The molecule has 0 heterocycles. The molecule has 0 saturated heterocycles. The summed E-state index contributed by atoms with van der Waals surface area (Å²) in [5.74, 6) is 0. The maximum absolute atomic E-state index is 6.07. The summed E-state index contributed by atoms with van der Waals surface area (Å²) in [6, 6.07) is 8.87. The molecular weight excluding hydrogens is 338 g/mol. The first-order chi connectivity index (χ1) is 9.49. The van der Waals surface area contributed by atoms with Crippen LogP contribution in [0.2, 0.25) is 20.1 Å². The lowest BCUT2D eigenvalue weighted by molar-refractivity contribution is 1.34. The van der Waals surface area contributed by atoms with E-state index in [9.17, 15) is 0 Å². The Bertz CT molecular complexity index is 668. The summed E-state index contributed by atoms with van der Waals surface area (Å²) in [4.78, 5) is 0. The van der Waals surface area contributed by atoms with Gasteiger partial charge in [0.2, 0.25) is 0 Å². The molecule has 0 aliphatic carbocycles. The van der Waals surface area contributed by atoms with E-state index < -0.39 is 0 Å². The zero-order valence-corrected chi connectivity index (χ0v) is 13.4. The molecule has 2 aromatic carbocycles. The molecule has 0 amide bonds. The summed E-state index contributed by atoms with van der Waals surface area (Å²) in [5.41, 5.74) is 5.19. The topological polar surface area (TPSA) is 24.4 Å². The number of benzene rings is 2. The van der Waals surface area contributed by atoms with Crippen LogP contribution in [0.1, 0.15) is 11.1 Å². The van der Waals surface area contributed by atoms with Crippen LogP contribution in [0.25, 0.3) is 0 Å². The second kappa shape index (κ2) is 6.68. The quantitative estimate of drug-likeness (QED) is 0.407. The van der Waals surface area contributed by atoms with E-state index in [1.807, 2.05) is 19.1 Å². The Morgan fingerprint density at radius 2 is 1.65 bits per heavy atom. The average molecular weight is 348 g/mol. The zero-order chi connectivity index (χ0) is 14.7. The Labute approximate surface area is 137 Å². The Balaban J connectivity index is 2.18. The lowest BCUT2D eigenvalue weighted by atomic mass is 10.2. The molecule has 0 bridgehead atoms. The van der Waals surface area contributed by atoms with E-state index in [0.29, 0.717) is 25.7 Å². The normalized spacial score (nSPS) is 11.1. The van der Waals surface area contributed by atoms with Gasteiger partial charge in [0, 0.05) is 10.6 Å². The number of hydrogen-bond donors (Lipinski definition) is 1. The van der Waals surface area contributed by atoms with E-state index in [4.69, 9.17) is 46.4 Å². The monoisotopic (exact) mass is 346 g/mol. The molecular formula is C14H10Cl4N2. The van der Waals surface area contributed by atoms with Crippen molar-refractivity contribution in [2.45, 2.75) is 6.92 Å². The van der Waals surface area contributed by atoms with E-state index in [2.05, 4.69) is 10.5 Å². The van der Waals surface area contributed by atoms with E-state index in [1.54, 1.807) is 18.2 Å². The zero-order valence-electron chi connectivity index (χ0n) is 10.4. The van der Waals surface area contributed by atoms with Gasteiger partial charge in [-0.15, -0.1) is 0 Å². The van der Waals surface area contributed by atoms with Crippen molar-refractivity contribution in [2.24, 2.45) is 5.10 Å². The summed E-state index contributed by atoms with van der Waals surface area (Å²) >= 11 is 24.1. The third-order valence-electron chi connectivity index (χ3n) is 2.64. The van der Waals surface area contributed by atoms with Gasteiger partial charge in [0.05, 0.1) is 27.0 Å². The second-order valence-corrected chi connectivity index (χ2v) is 5.69. The van der Waals surface area contributed by atoms with E-state index in [1.165, 1.54) is 6.21 Å². The lowest BCUT2D eigenvalue weighted by Gasteiger charge is -2.05. The molecule has 0 radical (unpaired) electrons. The van der Waals surface area contributed by atoms with Crippen LogP contribution < -0.4 is 5.43 Å². The molecule has 2 rings (SSSR count). The molecule has 0 atom stereocenters. The molecule has 0 aliphatic heterocycles. The number of anilines is 1. The molecule has 0 saturated carbocycles. The van der Waals surface area contributed by atoms with Crippen molar-refractivity contribution in [3.8, 4) is 0 Å². The number of hydrogen-bond acceptors (Lipinski definition) is 2. The predicted molar refractivity (Wildman–Crippen MR) is 88.9 cm³/mol.